The zero-order chi connectivity index (χ0) is 16.5. The Morgan fingerprint density at radius 1 is 1.46 bits per heavy atom. The third kappa shape index (κ3) is 3.16. The summed E-state index contributed by atoms with van der Waals surface area (Å²) in [5.74, 6) is -0.363. The van der Waals surface area contributed by atoms with Crippen molar-refractivity contribution in [2.45, 2.75) is 44.6 Å². The highest BCUT2D eigenvalue weighted by Gasteiger charge is 2.44. The van der Waals surface area contributed by atoms with Crippen LogP contribution < -0.4 is 4.74 Å². The molecule has 0 amide bonds. The van der Waals surface area contributed by atoms with Gasteiger partial charge in [-0.25, -0.2) is 14.4 Å². The second kappa shape index (κ2) is 6.74. The molecule has 0 radical (unpaired) electrons. The van der Waals surface area contributed by atoms with Gasteiger partial charge in [-0.1, -0.05) is 0 Å². The lowest BCUT2D eigenvalue weighted by molar-refractivity contribution is 0.000138. The molecular formula is C17H20FN3O2S. The third-order valence-electron chi connectivity index (χ3n) is 4.65. The SMILES string of the molecule is Cc1csc(CN2CCO[C@H]3CC[C@H]2[C@@H]3Oc2ncccc2F)n1. The van der Waals surface area contributed by atoms with E-state index < -0.39 is 5.82 Å². The standard InChI is InChI=1S/C17H20FN3O2S/c1-11-10-24-15(20-11)9-21-7-8-22-14-5-4-13(21)16(14)23-17-12(18)3-2-6-19-17/h2-3,6,10,13-14,16H,4-5,7-9H2,1H3/t13-,14-,16-/m0/s1. The molecule has 0 unspecified atom stereocenters. The second-order valence-electron chi connectivity index (χ2n) is 6.28. The van der Waals surface area contributed by atoms with Gasteiger partial charge < -0.3 is 9.47 Å². The summed E-state index contributed by atoms with van der Waals surface area (Å²) in [5, 5.41) is 3.17. The second-order valence-corrected chi connectivity index (χ2v) is 7.22. The number of hydrogen-bond donors (Lipinski definition) is 0. The van der Waals surface area contributed by atoms with Gasteiger partial charge >= 0.3 is 0 Å². The summed E-state index contributed by atoms with van der Waals surface area (Å²) in [6, 6.07) is 3.14. The van der Waals surface area contributed by atoms with Gasteiger partial charge in [0.15, 0.2) is 5.82 Å². The molecule has 4 rings (SSSR count). The Morgan fingerprint density at radius 2 is 2.38 bits per heavy atom. The maximum absolute atomic E-state index is 13.9. The van der Waals surface area contributed by atoms with Gasteiger partial charge in [0, 0.05) is 29.9 Å². The van der Waals surface area contributed by atoms with E-state index in [9.17, 15) is 4.39 Å². The van der Waals surface area contributed by atoms with Crippen LogP contribution in [0.5, 0.6) is 5.88 Å². The van der Waals surface area contributed by atoms with E-state index >= 15 is 0 Å². The highest BCUT2D eigenvalue weighted by Crippen LogP contribution is 2.34. The molecule has 2 bridgehead atoms. The van der Waals surface area contributed by atoms with Crippen LogP contribution in [0.2, 0.25) is 0 Å². The Morgan fingerprint density at radius 3 is 3.17 bits per heavy atom. The topological polar surface area (TPSA) is 47.5 Å². The summed E-state index contributed by atoms with van der Waals surface area (Å²) in [5.41, 5.74) is 1.05. The number of aromatic nitrogens is 2. The molecular weight excluding hydrogens is 329 g/mol. The van der Waals surface area contributed by atoms with Crippen molar-refractivity contribution < 1.29 is 13.9 Å². The maximum Gasteiger partial charge on any atom is 0.250 e. The molecule has 3 heterocycles. The molecule has 2 aromatic rings. The lowest BCUT2D eigenvalue weighted by Crippen LogP contribution is -2.44. The lowest BCUT2D eigenvalue weighted by atomic mass is 10.1. The first-order chi connectivity index (χ1) is 11.7. The van der Waals surface area contributed by atoms with Gasteiger partial charge in [-0.3, -0.25) is 4.90 Å². The van der Waals surface area contributed by atoms with Gasteiger partial charge in [-0.05, 0) is 31.9 Å². The van der Waals surface area contributed by atoms with Gasteiger partial charge in [0.25, 0.3) is 5.88 Å². The van der Waals surface area contributed by atoms with Crippen LogP contribution in [0.15, 0.2) is 23.7 Å². The summed E-state index contributed by atoms with van der Waals surface area (Å²) in [4.78, 5) is 11.0. The molecule has 2 fully saturated rings. The molecule has 1 aliphatic heterocycles. The fourth-order valence-corrected chi connectivity index (χ4v) is 4.35. The first kappa shape index (κ1) is 15.9. The van der Waals surface area contributed by atoms with Crippen LogP contribution in [0.4, 0.5) is 4.39 Å². The molecule has 0 N–H and O–H groups in total. The summed E-state index contributed by atoms with van der Waals surface area (Å²) in [6.07, 6.45) is 3.26. The van der Waals surface area contributed by atoms with Crippen LogP contribution in [0, 0.1) is 12.7 Å². The number of hydrogen-bond acceptors (Lipinski definition) is 6. The van der Waals surface area contributed by atoms with Crippen LogP contribution in [0.25, 0.3) is 0 Å². The third-order valence-corrected chi connectivity index (χ3v) is 5.60. The highest BCUT2D eigenvalue weighted by molar-refractivity contribution is 7.09. The van der Waals surface area contributed by atoms with E-state index in [4.69, 9.17) is 9.47 Å². The van der Waals surface area contributed by atoms with Crippen LogP contribution in [-0.2, 0) is 11.3 Å². The average molecular weight is 349 g/mol. The van der Waals surface area contributed by atoms with Crippen LogP contribution >= 0.6 is 11.3 Å². The molecule has 128 valence electrons. The normalized spacial score (nSPS) is 27.2. The minimum atomic E-state index is -0.428. The number of fused-ring (bicyclic) bond motifs is 2. The van der Waals surface area contributed by atoms with Crippen LogP contribution in [0.3, 0.4) is 0 Å². The minimum Gasteiger partial charge on any atom is -0.468 e. The van der Waals surface area contributed by atoms with E-state index in [1.165, 1.54) is 6.07 Å². The molecule has 2 aromatic heterocycles. The number of rotatable bonds is 4. The van der Waals surface area contributed by atoms with Crippen molar-refractivity contribution in [3.63, 3.8) is 0 Å². The fraction of sp³-hybridized carbons (Fsp3) is 0.529. The van der Waals surface area contributed by atoms with E-state index in [1.54, 1.807) is 23.6 Å². The van der Waals surface area contributed by atoms with Crippen LogP contribution in [-0.4, -0.2) is 46.3 Å². The van der Waals surface area contributed by atoms with Crippen LogP contribution in [0.1, 0.15) is 23.5 Å². The number of ether oxygens (including phenoxy) is 2. The zero-order valence-corrected chi connectivity index (χ0v) is 14.3. The summed E-state index contributed by atoms with van der Waals surface area (Å²) in [7, 11) is 0. The number of aryl methyl sites for hydroxylation is 1. The van der Waals surface area contributed by atoms with Gasteiger partial charge in [0.1, 0.15) is 11.1 Å². The van der Waals surface area contributed by atoms with Crippen molar-refractivity contribution >= 4 is 11.3 Å². The summed E-state index contributed by atoms with van der Waals surface area (Å²) in [6.45, 7) is 4.29. The molecule has 24 heavy (non-hydrogen) atoms. The number of thiazole rings is 1. The zero-order valence-electron chi connectivity index (χ0n) is 13.5. The summed E-state index contributed by atoms with van der Waals surface area (Å²) < 4.78 is 25.8. The fourth-order valence-electron chi connectivity index (χ4n) is 3.55. The molecule has 0 aromatic carbocycles. The average Bonchev–Trinajstić information content (AvgIpc) is 3.09. The van der Waals surface area contributed by atoms with Crippen molar-refractivity contribution in [3.8, 4) is 5.88 Å². The molecule has 7 heteroatoms. The van der Waals surface area contributed by atoms with E-state index in [1.807, 2.05) is 6.92 Å². The Bertz CT molecular complexity index is 711. The first-order valence-corrected chi connectivity index (χ1v) is 9.12. The van der Waals surface area contributed by atoms with E-state index in [0.717, 1.165) is 36.6 Å². The van der Waals surface area contributed by atoms with Gasteiger partial charge in [-0.2, -0.15) is 0 Å². The summed E-state index contributed by atoms with van der Waals surface area (Å²) >= 11 is 1.68. The quantitative estimate of drug-likeness (QED) is 0.849. The number of halogens is 1. The molecule has 2 aliphatic rings. The highest BCUT2D eigenvalue weighted by atomic mass is 32.1. The number of nitrogens with zero attached hydrogens (tertiary/aromatic N) is 3. The van der Waals surface area contributed by atoms with E-state index in [-0.39, 0.29) is 24.1 Å². The predicted molar refractivity (Wildman–Crippen MR) is 88.6 cm³/mol. The molecule has 5 nitrogen and oxygen atoms in total. The molecule has 1 saturated carbocycles. The van der Waals surface area contributed by atoms with Gasteiger partial charge in [-0.15, -0.1) is 11.3 Å². The van der Waals surface area contributed by atoms with Gasteiger partial charge in [0.2, 0.25) is 0 Å². The Labute approximate surface area is 144 Å². The predicted octanol–water partition coefficient (Wildman–Crippen LogP) is 2.80. The largest absolute Gasteiger partial charge is 0.468 e. The smallest absolute Gasteiger partial charge is 0.250 e. The molecule has 0 spiro atoms. The Hall–Kier alpha value is -1.57. The minimum absolute atomic E-state index is 0.000521. The Balaban J connectivity index is 1.54. The van der Waals surface area contributed by atoms with Crippen molar-refractivity contribution in [3.05, 3.63) is 40.2 Å². The number of pyridine rings is 1. The van der Waals surface area contributed by atoms with E-state index in [2.05, 4.69) is 20.2 Å². The van der Waals surface area contributed by atoms with E-state index in [0.29, 0.717) is 6.61 Å². The monoisotopic (exact) mass is 349 g/mol. The molecule has 3 atom stereocenters. The Kier molecular flexibility index (Phi) is 4.47. The van der Waals surface area contributed by atoms with Gasteiger partial charge in [0.05, 0.1) is 19.3 Å². The van der Waals surface area contributed by atoms with Crippen molar-refractivity contribution in [2.24, 2.45) is 0 Å². The lowest BCUT2D eigenvalue weighted by Gasteiger charge is -2.30. The van der Waals surface area contributed by atoms with Crippen molar-refractivity contribution in [2.75, 3.05) is 13.2 Å². The van der Waals surface area contributed by atoms with Crippen molar-refractivity contribution in [1.29, 1.82) is 0 Å². The first-order valence-electron chi connectivity index (χ1n) is 8.24. The molecule has 1 saturated heterocycles. The maximum atomic E-state index is 13.9. The van der Waals surface area contributed by atoms with Crippen molar-refractivity contribution in [1.82, 2.24) is 14.9 Å². The molecule has 1 aliphatic carbocycles.